The number of hydrogen-bond donors (Lipinski definition) is 1. The van der Waals surface area contributed by atoms with E-state index in [4.69, 9.17) is 0 Å². The SMILES string of the molecule is CC(C)C[SH+]CCCCC([NH3+])(C(C)C)C(C)C.[I-].[I-]. The summed E-state index contributed by atoms with van der Waals surface area (Å²) >= 11 is 1.64. The van der Waals surface area contributed by atoms with Crippen LogP contribution in [-0.2, 0) is 11.8 Å². The molecule has 0 radical (unpaired) electrons. The molecule has 0 heterocycles. The van der Waals surface area contributed by atoms with Gasteiger partial charge in [0.25, 0.3) is 0 Å². The van der Waals surface area contributed by atoms with Crippen molar-refractivity contribution in [1.82, 2.24) is 0 Å². The summed E-state index contributed by atoms with van der Waals surface area (Å²) in [5.41, 5.74) is 4.80. The average Bonchev–Trinajstić information content (AvgIpc) is 2.21. The smallest absolute Gasteiger partial charge is 0.108 e. The predicted octanol–water partition coefficient (Wildman–Crippen LogP) is -3.07. The molecule has 0 spiro atoms. The van der Waals surface area contributed by atoms with Gasteiger partial charge >= 0.3 is 0 Å². The van der Waals surface area contributed by atoms with E-state index in [9.17, 15) is 0 Å². The van der Waals surface area contributed by atoms with Crippen molar-refractivity contribution in [3.05, 3.63) is 0 Å². The number of rotatable bonds is 9. The van der Waals surface area contributed by atoms with Gasteiger partial charge in [-0.15, -0.1) is 0 Å². The number of hydrogen-bond acceptors (Lipinski definition) is 0. The molecule has 0 aliphatic heterocycles. The molecule has 0 unspecified atom stereocenters. The summed E-state index contributed by atoms with van der Waals surface area (Å²) in [6.07, 6.45) is 4.02. The molecular weight excluding hydrogens is 480 g/mol. The second kappa shape index (κ2) is 13.4. The molecule has 0 aromatic rings. The van der Waals surface area contributed by atoms with Crippen LogP contribution in [0.1, 0.15) is 60.8 Å². The molecule has 0 aliphatic carbocycles. The molecule has 19 heavy (non-hydrogen) atoms. The van der Waals surface area contributed by atoms with E-state index in [2.05, 4.69) is 47.3 Å². The van der Waals surface area contributed by atoms with Crippen molar-refractivity contribution in [3.8, 4) is 0 Å². The number of halogens is 2. The Hall–Kier alpha value is 1.77. The third kappa shape index (κ3) is 11.0. The van der Waals surface area contributed by atoms with Crippen molar-refractivity contribution in [2.75, 3.05) is 11.5 Å². The first kappa shape index (κ1) is 25.7. The Kier molecular flexibility index (Phi) is 18.2. The van der Waals surface area contributed by atoms with E-state index >= 15 is 0 Å². The maximum atomic E-state index is 4.51. The molecule has 0 aromatic carbocycles. The topological polar surface area (TPSA) is 27.6 Å². The Morgan fingerprint density at radius 1 is 0.895 bits per heavy atom. The highest BCUT2D eigenvalue weighted by molar-refractivity contribution is 7.78. The van der Waals surface area contributed by atoms with Gasteiger partial charge in [-0.3, -0.25) is 0 Å². The van der Waals surface area contributed by atoms with Gasteiger partial charge in [0.15, 0.2) is 0 Å². The Morgan fingerprint density at radius 3 is 1.74 bits per heavy atom. The molecular formula is C15H35I2NS. The van der Waals surface area contributed by atoms with Crippen molar-refractivity contribution in [3.63, 3.8) is 0 Å². The highest BCUT2D eigenvalue weighted by Crippen LogP contribution is 2.26. The summed E-state index contributed by atoms with van der Waals surface area (Å²) in [6.45, 7) is 13.9. The van der Waals surface area contributed by atoms with Gasteiger partial charge in [0.05, 0.1) is 5.54 Å². The highest BCUT2D eigenvalue weighted by atomic mass is 127. The van der Waals surface area contributed by atoms with Crippen LogP contribution in [0, 0.1) is 17.8 Å². The standard InChI is InChI=1S/C15H33NS.2HI/c1-12(2)11-17-10-8-7-9-15(16,13(3)4)14(5)6;;/h12-14H,7-11,16H2,1-6H3;2*1H. The van der Waals surface area contributed by atoms with Gasteiger partial charge in [0, 0.05) is 18.3 Å². The molecule has 0 atom stereocenters. The van der Waals surface area contributed by atoms with E-state index in [1.807, 2.05) is 0 Å². The van der Waals surface area contributed by atoms with Gasteiger partial charge in [-0.25, -0.2) is 0 Å². The number of quaternary nitrogens is 1. The molecule has 4 heteroatoms. The lowest BCUT2D eigenvalue weighted by atomic mass is 9.74. The van der Waals surface area contributed by atoms with Crippen molar-refractivity contribution >= 4 is 11.8 Å². The quantitative estimate of drug-likeness (QED) is 0.146. The lowest BCUT2D eigenvalue weighted by Crippen LogP contribution is -3.00. The fraction of sp³-hybridized carbons (Fsp3) is 1.00. The summed E-state index contributed by atoms with van der Waals surface area (Å²) in [5.74, 6) is 4.98. The van der Waals surface area contributed by atoms with Crippen molar-refractivity contribution in [1.29, 1.82) is 0 Å². The molecule has 1 nitrogen and oxygen atoms in total. The average molecular weight is 515 g/mol. The zero-order chi connectivity index (χ0) is 13.5. The third-order valence-electron chi connectivity index (χ3n) is 4.00. The van der Waals surface area contributed by atoms with E-state index < -0.39 is 0 Å². The van der Waals surface area contributed by atoms with Crippen LogP contribution < -0.4 is 53.7 Å². The summed E-state index contributed by atoms with van der Waals surface area (Å²) in [7, 11) is 0. The maximum absolute atomic E-state index is 4.51. The van der Waals surface area contributed by atoms with E-state index in [1.165, 1.54) is 30.8 Å². The van der Waals surface area contributed by atoms with Crippen LogP contribution in [0.4, 0.5) is 0 Å². The van der Waals surface area contributed by atoms with Crippen molar-refractivity contribution in [2.45, 2.75) is 66.3 Å². The summed E-state index contributed by atoms with van der Waals surface area (Å²) in [4.78, 5) is 0. The minimum Gasteiger partial charge on any atom is -1.00 e. The minimum atomic E-state index is 0. The maximum Gasteiger partial charge on any atom is 0.108 e. The van der Waals surface area contributed by atoms with Gasteiger partial charge in [0.1, 0.15) is 11.5 Å². The monoisotopic (exact) mass is 515 g/mol. The second-order valence-corrected chi connectivity index (χ2v) is 7.78. The minimum absolute atomic E-state index is 0. The molecule has 0 aromatic heterocycles. The molecule has 0 saturated carbocycles. The van der Waals surface area contributed by atoms with Crippen LogP contribution in [-0.4, -0.2) is 17.0 Å². The third-order valence-corrected chi connectivity index (χ3v) is 5.62. The van der Waals surface area contributed by atoms with Crippen molar-refractivity contribution < 1.29 is 53.7 Å². The van der Waals surface area contributed by atoms with Crippen LogP contribution in [0.15, 0.2) is 0 Å². The summed E-state index contributed by atoms with van der Waals surface area (Å²) < 4.78 is 0. The zero-order valence-corrected chi connectivity index (χ0v) is 18.9. The van der Waals surface area contributed by atoms with E-state index in [1.54, 1.807) is 11.8 Å². The van der Waals surface area contributed by atoms with Gasteiger partial charge in [-0.05, 0) is 30.5 Å². The van der Waals surface area contributed by atoms with Crippen LogP contribution in [0.5, 0.6) is 0 Å². The fourth-order valence-electron chi connectivity index (χ4n) is 2.27. The lowest BCUT2D eigenvalue weighted by molar-refractivity contribution is -0.505. The number of unbranched alkanes of at least 4 members (excludes halogenated alkanes) is 1. The molecule has 120 valence electrons. The van der Waals surface area contributed by atoms with Gasteiger partial charge in [-0.2, -0.15) is 0 Å². The van der Waals surface area contributed by atoms with Crippen LogP contribution >= 0.6 is 0 Å². The molecule has 0 aliphatic rings. The largest absolute Gasteiger partial charge is 1.00 e. The molecule has 0 rings (SSSR count). The van der Waals surface area contributed by atoms with Crippen molar-refractivity contribution in [2.24, 2.45) is 17.8 Å². The Labute approximate surface area is 160 Å². The lowest BCUT2D eigenvalue weighted by Gasteiger charge is -2.33. The molecule has 0 saturated heterocycles. The van der Waals surface area contributed by atoms with E-state index in [0.29, 0.717) is 11.8 Å². The first-order valence-corrected chi connectivity index (χ1v) is 8.55. The zero-order valence-electron chi connectivity index (χ0n) is 13.7. The van der Waals surface area contributed by atoms with Crippen LogP contribution in [0.3, 0.4) is 0 Å². The Bertz CT molecular complexity index is 189. The first-order chi connectivity index (χ1) is 7.80. The Balaban J connectivity index is -0.00000128. The Morgan fingerprint density at radius 2 is 1.37 bits per heavy atom. The highest BCUT2D eigenvalue weighted by Gasteiger charge is 2.36. The molecule has 0 bridgehead atoms. The van der Waals surface area contributed by atoms with Gasteiger partial charge < -0.3 is 53.7 Å². The first-order valence-electron chi connectivity index (χ1n) is 7.29. The summed E-state index contributed by atoms with van der Waals surface area (Å²) in [6, 6.07) is 0. The fourth-order valence-corrected chi connectivity index (χ4v) is 3.42. The van der Waals surface area contributed by atoms with Crippen LogP contribution in [0.25, 0.3) is 0 Å². The van der Waals surface area contributed by atoms with Gasteiger partial charge in [0.2, 0.25) is 0 Å². The van der Waals surface area contributed by atoms with Gasteiger partial charge in [-0.1, -0.05) is 41.5 Å². The van der Waals surface area contributed by atoms with E-state index in [0.717, 1.165) is 5.92 Å². The van der Waals surface area contributed by atoms with E-state index in [-0.39, 0.29) is 53.5 Å². The normalized spacial score (nSPS) is 11.7. The number of thiol groups is 1. The van der Waals surface area contributed by atoms with Crippen LogP contribution in [0.2, 0.25) is 0 Å². The summed E-state index contributed by atoms with van der Waals surface area (Å²) in [5, 5.41) is 0. The molecule has 0 fully saturated rings. The second-order valence-electron chi connectivity index (χ2n) is 6.52. The predicted molar refractivity (Wildman–Crippen MR) is 82.5 cm³/mol. The molecule has 0 amide bonds. The molecule has 3 N–H and O–H groups in total.